The van der Waals surface area contributed by atoms with E-state index in [9.17, 15) is 0 Å². The van der Waals surface area contributed by atoms with Crippen molar-refractivity contribution in [3.05, 3.63) is 42.6 Å². The number of hydrogen-bond acceptors (Lipinski definition) is 3. The average molecular weight is 163 g/mol. The summed E-state index contributed by atoms with van der Waals surface area (Å²) in [6.07, 6.45) is 6.51. The Morgan fingerprint density at radius 3 is 2.33 bits per heavy atom. The van der Waals surface area contributed by atoms with Crippen LogP contribution in [-0.2, 0) is 15.3 Å². The molecule has 1 aromatic rings. The minimum absolute atomic E-state index is 0.664. The fraction of sp³-hybridized carbons (Fsp3) is 0.222. The molecule has 0 spiro atoms. The molecule has 12 heavy (non-hydrogen) atoms. The first-order chi connectivity index (χ1) is 5.81. The lowest BCUT2D eigenvalue weighted by atomic mass is 10.1. The first-order valence-electron chi connectivity index (χ1n) is 3.72. The van der Waals surface area contributed by atoms with Crippen molar-refractivity contribution in [2.24, 2.45) is 0 Å². The van der Waals surface area contributed by atoms with Crippen molar-refractivity contribution in [3.63, 3.8) is 0 Å². The molecule has 0 amide bonds. The van der Waals surface area contributed by atoms with Crippen LogP contribution in [0.3, 0.4) is 0 Å². The van der Waals surface area contributed by atoms with Gasteiger partial charge in [0.1, 0.15) is 12.5 Å². The van der Waals surface area contributed by atoms with Crippen LogP contribution in [0.4, 0.5) is 0 Å². The van der Waals surface area contributed by atoms with Gasteiger partial charge in [0.05, 0.1) is 0 Å². The maximum absolute atomic E-state index is 5.30. The predicted octanol–water partition coefficient (Wildman–Crippen LogP) is 1.77. The molecule has 2 rings (SSSR count). The van der Waals surface area contributed by atoms with Gasteiger partial charge in [-0.25, -0.2) is 0 Å². The Labute approximate surface area is 70.6 Å². The van der Waals surface area contributed by atoms with Crippen LogP contribution in [0.5, 0.6) is 0 Å². The van der Waals surface area contributed by atoms with Gasteiger partial charge in [-0.1, -0.05) is 0 Å². The van der Waals surface area contributed by atoms with Crippen LogP contribution in [0.2, 0.25) is 0 Å². The highest BCUT2D eigenvalue weighted by atomic mass is 16.7. The number of nitrogens with zero attached hydrogens (tertiary/aromatic N) is 1. The average Bonchev–Trinajstić information content (AvgIpc) is 2.55. The van der Waals surface area contributed by atoms with E-state index in [4.69, 9.17) is 9.47 Å². The van der Waals surface area contributed by atoms with E-state index in [1.165, 1.54) is 0 Å². The van der Waals surface area contributed by atoms with E-state index >= 15 is 0 Å². The molecule has 0 saturated heterocycles. The van der Waals surface area contributed by atoms with Crippen molar-refractivity contribution >= 4 is 0 Å². The first kappa shape index (κ1) is 7.16. The van der Waals surface area contributed by atoms with Crippen LogP contribution in [0.25, 0.3) is 0 Å². The van der Waals surface area contributed by atoms with Crippen molar-refractivity contribution in [3.8, 4) is 0 Å². The summed E-state index contributed by atoms with van der Waals surface area (Å²) in [7, 11) is 0. The Kier molecular flexibility index (Phi) is 1.50. The van der Waals surface area contributed by atoms with Crippen molar-refractivity contribution in [2.45, 2.75) is 12.7 Å². The van der Waals surface area contributed by atoms with Gasteiger partial charge < -0.3 is 9.47 Å². The SMILES string of the molecule is CC1(c2ccncc2)OC=CO1. The van der Waals surface area contributed by atoms with Crippen LogP contribution in [-0.4, -0.2) is 4.98 Å². The summed E-state index contributed by atoms with van der Waals surface area (Å²) in [5.41, 5.74) is 0.961. The maximum atomic E-state index is 5.30. The minimum Gasteiger partial charge on any atom is -0.453 e. The fourth-order valence-corrected chi connectivity index (χ4v) is 1.13. The molecule has 0 aliphatic carbocycles. The number of rotatable bonds is 1. The third-order valence-corrected chi connectivity index (χ3v) is 1.85. The first-order valence-corrected chi connectivity index (χ1v) is 3.72. The van der Waals surface area contributed by atoms with Crippen molar-refractivity contribution < 1.29 is 9.47 Å². The highest BCUT2D eigenvalue weighted by Gasteiger charge is 2.31. The van der Waals surface area contributed by atoms with Crippen molar-refractivity contribution in [2.75, 3.05) is 0 Å². The van der Waals surface area contributed by atoms with Gasteiger partial charge in [0.25, 0.3) is 5.79 Å². The highest BCUT2D eigenvalue weighted by molar-refractivity contribution is 5.17. The molecular formula is C9H9NO2. The predicted molar refractivity (Wildman–Crippen MR) is 42.9 cm³/mol. The number of aromatic nitrogens is 1. The Balaban J connectivity index is 2.31. The Hall–Kier alpha value is -1.51. The molecule has 0 atom stereocenters. The zero-order valence-corrected chi connectivity index (χ0v) is 6.73. The molecule has 0 radical (unpaired) electrons. The lowest BCUT2D eigenvalue weighted by Gasteiger charge is -2.22. The largest absolute Gasteiger partial charge is 0.453 e. The topological polar surface area (TPSA) is 31.4 Å². The van der Waals surface area contributed by atoms with Gasteiger partial charge in [-0.15, -0.1) is 0 Å². The van der Waals surface area contributed by atoms with Crippen LogP contribution in [0.1, 0.15) is 12.5 Å². The summed E-state index contributed by atoms with van der Waals surface area (Å²) in [5, 5.41) is 0. The summed E-state index contributed by atoms with van der Waals surface area (Å²) < 4.78 is 10.6. The van der Waals surface area contributed by atoms with E-state index in [0.29, 0.717) is 0 Å². The molecule has 2 heterocycles. The van der Waals surface area contributed by atoms with Crippen LogP contribution < -0.4 is 0 Å². The van der Waals surface area contributed by atoms with E-state index in [-0.39, 0.29) is 0 Å². The van der Waals surface area contributed by atoms with E-state index in [1.54, 1.807) is 24.9 Å². The summed E-state index contributed by atoms with van der Waals surface area (Å²) in [6, 6.07) is 3.74. The lowest BCUT2D eigenvalue weighted by molar-refractivity contribution is -0.133. The molecule has 0 saturated carbocycles. The molecule has 1 aromatic heterocycles. The van der Waals surface area contributed by atoms with E-state index in [1.807, 2.05) is 19.1 Å². The second-order valence-electron chi connectivity index (χ2n) is 2.69. The van der Waals surface area contributed by atoms with Gasteiger partial charge in [-0.3, -0.25) is 4.98 Å². The summed E-state index contributed by atoms with van der Waals surface area (Å²) in [5.74, 6) is -0.664. The Morgan fingerprint density at radius 2 is 1.75 bits per heavy atom. The molecule has 0 bridgehead atoms. The van der Waals surface area contributed by atoms with Gasteiger partial charge in [0.2, 0.25) is 0 Å². The van der Waals surface area contributed by atoms with E-state index < -0.39 is 5.79 Å². The molecule has 1 aliphatic rings. The molecule has 1 aliphatic heterocycles. The van der Waals surface area contributed by atoms with Crippen LogP contribution >= 0.6 is 0 Å². The maximum Gasteiger partial charge on any atom is 0.273 e. The lowest BCUT2D eigenvalue weighted by Crippen LogP contribution is -2.21. The van der Waals surface area contributed by atoms with Crippen molar-refractivity contribution in [1.82, 2.24) is 4.98 Å². The Bertz CT molecular complexity index is 287. The van der Waals surface area contributed by atoms with Gasteiger partial charge >= 0.3 is 0 Å². The van der Waals surface area contributed by atoms with Crippen molar-refractivity contribution in [1.29, 1.82) is 0 Å². The number of hydrogen-bond donors (Lipinski definition) is 0. The third kappa shape index (κ3) is 1.03. The van der Waals surface area contributed by atoms with Gasteiger partial charge in [-0.05, 0) is 12.1 Å². The molecular weight excluding hydrogens is 154 g/mol. The Morgan fingerprint density at radius 1 is 1.17 bits per heavy atom. The molecule has 0 fully saturated rings. The zero-order valence-electron chi connectivity index (χ0n) is 6.73. The van der Waals surface area contributed by atoms with Crippen LogP contribution in [0.15, 0.2) is 37.1 Å². The van der Waals surface area contributed by atoms with Gasteiger partial charge in [0, 0.05) is 24.9 Å². The summed E-state index contributed by atoms with van der Waals surface area (Å²) >= 11 is 0. The third-order valence-electron chi connectivity index (χ3n) is 1.85. The quantitative estimate of drug-likeness (QED) is 0.632. The monoisotopic (exact) mass is 163 g/mol. The standard InChI is InChI=1S/C9H9NO2/c1-9(11-6-7-12-9)8-2-4-10-5-3-8/h2-7H,1H3. The summed E-state index contributed by atoms with van der Waals surface area (Å²) in [4.78, 5) is 3.92. The van der Waals surface area contributed by atoms with Gasteiger partial charge in [-0.2, -0.15) is 0 Å². The molecule has 0 aromatic carbocycles. The fourth-order valence-electron chi connectivity index (χ4n) is 1.13. The highest BCUT2D eigenvalue weighted by Crippen LogP contribution is 2.30. The number of ether oxygens (including phenoxy) is 2. The molecule has 0 unspecified atom stereocenters. The molecule has 3 nitrogen and oxygen atoms in total. The minimum atomic E-state index is -0.664. The summed E-state index contributed by atoms with van der Waals surface area (Å²) in [6.45, 7) is 1.86. The molecule has 0 N–H and O–H groups in total. The zero-order chi connectivity index (χ0) is 8.44. The van der Waals surface area contributed by atoms with Gasteiger partial charge in [0.15, 0.2) is 0 Å². The van der Waals surface area contributed by atoms with E-state index in [0.717, 1.165) is 5.56 Å². The second kappa shape index (κ2) is 2.52. The molecule has 3 heteroatoms. The normalized spacial score (nSPS) is 18.4. The number of pyridine rings is 1. The van der Waals surface area contributed by atoms with Crippen LogP contribution in [0, 0.1) is 0 Å². The smallest absolute Gasteiger partial charge is 0.273 e. The molecule has 62 valence electrons. The van der Waals surface area contributed by atoms with E-state index in [2.05, 4.69) is 4.98 Å². The second-order valence-corrected chi connectivity index (χ2v) is 2.69.